The number of H-pyrrole nitrogens is 1. The second kappa shape index (κ2) is 7.60. The van der Waals surface area contributed by atoms with Gasteiger partial charge in [-0.05, 0) is 13.3 Å². The molecule has 0 aromatic carbocycles. The normalized spacial score (nSPS) is 18.0. The van der Waals surface area contributed by atoms with Gasteiger partial charge in [-0.3, -0.25) is 14.9 Å². The summed E-state index contributed by atoms with van der Waals surface area (Å²) in [4.78, 5) is 25.4. The molecule has 8 heteroatoms. The SMILES string of the molecule is Cc1[nH]ncc1C(=O)N1CCOCC(Cc2cnc(N(C)C)cn2)C1. The van der Waals surface area contributed by atoms with Gasteiger partial charge in [0.25, 0.3) is 5.91 Å². The third kappa shape index (κ3) is 4.14. The van der Waals surface area contributed by atoms with E-state index in [2.05, 4.69) is 20.2 Å². The number of aryl methyl sites for hydroxylation is 1. The highest BCUT2D eigenvalue weighted by Crippen LogP contribution is 2.16. The van der Waals surface area contributed by atoms with Crippen molar-refractivity contribution >= 4 is 11.7 Å². The average Bonchev–Trinajstić information content (AvgIpc) is 2.89. The van der Waals surface area contributed by atoms with E-state index in [4.69, 9.17) is 4.74 Å². The molecule has 1 amide bonds. The Balaban J connectivity index is 1.67. The summed E-state index contributed by atoms with van der Waals surface area (Å²) in [5.41, 5.74) is 2.32. The van der Waals surface area contributed by atoms with Crippen molar-refractivity contribution in [2.75, 3.05) is 45.3 Å². The fourth-order valence-electron chi connectivity index (χ4n) is 2.91. The van der Waals surface area contributed by atoms with Crippen LogP contribution in [0, 0.1) is 12.8 Å². The number of aromatic amines is 1. The van der Waals surface area contributed by atoms with Gasteiger partial charge in [0, 0.05) is 38.8 Å². The molecule has 1 unspecified atom stereocenters. The predicted octanol–water partition coefficient (Wildman–Crippen LogP) is 0.905. The number of ether oxygens (including phenoxy) is 1. The topological polar surface area (TPSA) is 87.2 Å². The van der Waals surface area contributed by atoms with Crippen LogP contribution in [-0.2, 0) is 11.2 Å². The Morgan fingerprint density at radius 3 is 2.84 bits per heavy atom. The van der Waals surface area contributed by atoms with Crippen molar-refractivity contribution in [3.8, 4) is 0 Å². The molecular weight excluding hydrogens is 320 g/mol. The molecule has 1 atom stereocenters. The number of carbonyl (C=O) groups excluding carboxylic acids is 1. The molecule has 3 rings (SSSR count). The Labute approximate surface area is 147 Å². The Hall–Kier alpha value is -2.48. The predicted molar refractivity (Wildman–Crippen MR) is 93.6 cm³/mol. The van der Waals surface area contributed by atoms with Crippen LogP contribution < -0.4 is 4.90 Å². The molecular formula is C17H24N6O2. The zero-order valence-corrected chi connectivity index (χ0v) is 14.9. The van der Waals surface area contributed by atoms with Crippen LogP contribution in [0.15, 0.2) is 18.6 Å². The highest BCUT2D eigenvalue weighted by Gasteiger charge is 2.25. The molecule has 0 radical (unpaired) electrons. The van der Waals surface area contributed by atoms with E-state index in [-0.39, 0.29) is 11.8 Å². The maximum Gasteiger partial charge on any atom is 0.257 e. The number of rotatable bonds is 4. The lowest BCUT2D eigenvalue weighted by atomic mass is 10.0. The van der Waals surface area contributed by atoms with Gasteiger partial charge < -0.3 is 14.5 Å². The molecule has 25 heavy (non-hydrogen) atoms. The minimum atomic E-state index is -0.00390. The van der Waals surface area contributed by atoms with Gasteiger partial charge in [-0.1, -0.05) is 0 Å². The number of hydrogen-bond acceptors (Lipinski definition) is 6. The molecule has 0 spiro atoms. The van der Waals surface area contributed by atoms with E-state index in [0.29, 0.717) is 31.9 Å². The molecule has 1 N–H and O–H groups in total. The van der Waals surface area contributed by atoms with E-state index in [1.165, 1.54) is 0 Å². The molecule has 1 fully saturated rings. The largest absolute Gasteiger partial charge is 0.379 e. The summed E-state index contributed by atoms with van der Waals surface area (Å²) in [5.74, 6) is 1.02. The third-order valence-corrected chi connectivity index (χ3v) is 4.33. The average molecular weight is 344 g/mol. The summed E-state index contributed by atoms with van der Waals surface area (Å²) in [6.45, 7) is 4.25. The molecule has 1 saturated heterocycles. The van der Waals surface area contributed by atoms with Gasteiger partial charge in [-0.25, -0.2) is 4.98 Å². The van der Waals surface area contributed by atoms with Crippen LogP contribution in [0.3, 0.4) is 0 Å². The van der Waals surface area contributed by atoms with Gasteiger partial charge in [-0.2, -0.15) is 5.10 Å². The van der Waals surface area contributed by atoms with Gasteiger partial charge in [-0.15, -0.1) is 0 Å². The molecule has 2 aromatic heterocycles. The quantitative estimate of drug-likeness (QED) is 0.887. The van der Waals surface area contributed by atoms with Gasteiger partial charge in [0.15, 0.2) is 0 Å². The summed E-state index contributed by atoms with van der Waals surface area (Å²) in [6, 6.07) is 0. The number of aromatic nitrogens is 4. The van der Waals surface area contributed by atoms with Gasteiger partial charge in [0.2, 0.25) is 0 Å². The minimum Gasteiger partial charge on any atom is -0.379 e. The second-order valence-corrected chi connectivity index (χ2v) is 6.57. The third-order valence-electron chi connectivity index (χ3n) is 4.33. The van der Waals surface area contributed by atoms with Crippen molar-refractivity contribution in [1.82, 2.24) is 25.1 Å². The van der Waals surface area contributed by atoms with Crippen molar-refractivity contribution in [3.63, 3.8) is 0 Å². The zero-order chi connectivity index (χ0) is 17.8. The summed E-state index contributed by atoms with van der Waals surface area (Å²) >= 11 is 0. The molecule has 3 heterocycles. The number of anilines is 1. The fourth-order valence-corrected chi connectivity index (χ4v) is 2.91. The van der Waals surface area contributed by atoms with Crippen molar-refractivity contribution in [3.05, 3.63) is 35.5 Å². The van der Waals surface area contributed by atoms with Crippen LogP contribution in [0.4, 0.5) is 5.82 Å². The first-order chi connectivity index (χ1) is 12.0. The van der Waals surface area contributed by atoms with Crippen LogP contribution in [-0.4, -0.2) is 71.4 Å². The standard InChI is InChI=1S/C17H24N6O2/c1-12-15(8-20-21-12)17(24)23-4-5-25-11-13(10-23)6-14-7-19-16(9-18-14)22(2)3/h7-9,13H,4-6,10-11H2,1-3H3,(H,20,21). The molecule has 0 aliphatic carbocycles. The number of carbonyl (C=O) groups is 1. The van der Waals surface area contributed by atoms with E-state index in [9.17, 15) is 4.79 Å². The van der Waals surface area contributed by atoms with Crippen LogP contribution in [0.5, 0.6) is 0 Å². The first kappa shape index (κ1) is 17.3. The first-order valence-electron chi connectivity index (χ1n) is 8.40. The van der Waals surface area contributed by atoms with Crippen LogP contribution >= 0.6 is 0 Å². The summed E-state index contributed by atoms with van der Waals surface area (Å²) in [5, 5.41) is 6.76. The maximum absolute atomic E-state index is 12.7. The first-order valence-corrected chi connectivity index (χ1v) is 8.40. The number of nitrogens with zero attached hydrogens (tertiary/aromatic N) is 5. The number of nitrogens with one attached hydrogen (secondary N) is 1. The molecule has 0 saturated carbocycles. The molecule has 0 bridgehead atoms. The van der Waals surface area contributed by atoms with Gasteiger partial charge in [0.1, 0.15) is 5.82 Å². The Bertz CT molecular complexity index is 712. The van der Waals surface area contributed by atoms with Gasteiger partial charge in [0.05, 0.1) is 43.1 Å². The Morgan fingerprint density at radius 1 is 1.36 bits per heavy atom. The summed E-state index contributed by atoms with van der Waals surface area (Å²) in [7, 11) is 3.87. The van der Waals surface area contributed by atoms with Crippen molar-refractivity contribution in [1.29, 1.82) is 0 Å². The lowest BCUT2D eigenvalue weighted by molar-refractivity contribution is 0.0736. The van der Waals surface area contributed by atoms with Crippen LogP contribution in [0.2, 0.25) is 0 Å². The van der Waals surface area contributed by atoms with Crippen molar-refractivity contribution in [2.45, 2.75) is 13.3 Å². The summed E-state index contributed by atoms with van der Waals surface area (Å²) in [6.07, 6.45) is 5.88. The molecule has 1 aliphatic heterocycles. The Kier molecular flexibility index (Phi) is 5.28. The summed E-state index contributed by atoms with van der Waals surface area (Å²) < 4.78 is 5.70. The highest BCUT2D eigenvalue weighted by molar-refractivity contribution is 5.95. The van der Waals surface area contributed by atoms with E-state index in [1.54, 1.807) is 18.6 Å². The van der Waals surface area contributed by atoms with Crippen LogP contribution in [0.25, 0.3) is 0 Å². The lowest BCUT2D eigenvalue weighted by Gasteiger charge is -2.23. The van der Waals surface area contributed by atoms with E-state index >= 15 is 0 Å². The van der Waals surface area contributed by atoms with Gasteiger partial charge >= 0.3 is 0 Å². The molecule has 2 aromatic rings. The van der Waals surface area contributed by atoms with E-state index < -0.39 is 0 Å². The molecule has 8 nitrogen and oxygen atoms in total. The van der Waals surface area contributed by atoms with E-state index in [0.717, 1.165) is 23.6 Å². The molecule has 1 aliphatic rings. The van der Waals surface area contributed by atoms with Crippen LogP contribution in [0.1, 0.15) is 21.7 Å². The fraction of sp³-hybridized carbons (Fsp3) is 0.529. The maximum atomic E-state index is 12.7. The Morgan fingerprint density at radius 2 is 2.20 bits per heavy atom. The van der Waals surface area contributed by atoms with E-state index in [1.807, 2.05) is 30.8 Å². The molecule has 134 valence electrons. The smallest absolute Gasteiger partial charge is 0.257 e. The van der Waals surface area contributed by atoms with Crippen molar-refractivity contribution in [2.24, 2.45) is 5.92 Å². The second-order valence-electron chi connectivity index (χ2n) is 6.57. The monoisotopic (exact) mass is 344 g/mol. The highest BCUT2D eigenvalue weighted by atomic mass is 16.5. The minimum absolute atomic E-state index is 0.00390. The number of hydrogen-bond donors (Lipinski definition) is 1. The zero-order valence-electron chi connectivity index (χ0n) is 14.9. The number of amides is 1. The van der Waals surface area contributed by atoms with Crippen molar-refractivity contribution < 1.29 is 9.53 Å². The lowest BCUT2D eigenvalue weighted by Crippen LogP contribution is -2.36.